The van der Waals surface area contributed by atoms with Crippen molar-refractivity contribution in [3.05, 3.63) is 0 Å². The summed E-state index contributed by atoms with van der Waals surface area (Å²) in [6, 6.07) is 0. The van der Waals surface area contributed by atoms with Gasteiger partial charge >= 0.3 is 29.0 Å². The quantitative estimate of drug-likeness (QED) is 0.115. The molecule has 0 unspecified atom stereocenters. The highest BCUT2D eigenvalue weighted by Crippen LogP contribution is 2.12. The van der Waals surface area contributed by atoms with Crippen LogP contribution in [0.2, 0.25) is 0 Å². The number of unbranched alkanes of at least 4 members (excludes halogenated alkanes) is 17. The van der Waals surface area contributed by atoms with E-state index in [2.05, 4.69) is 13.8 Å². The fourth-order valence-electron chi connectivity index (χ4n) is 3.43. The number of hydrogen-bond acceptors (Lipinski definition) is 2. The second-order valence-electron chi connectivity index (χ2n) is 7.98. The average molecular weight is 395 g/mol. The molecule has 0 bridgehead atoms. The summed E-state index contributed by atoms with van der Waals surface area (Å²) >= 11 is 0. The predicted molar refractivity (Wildman–Crippen MR) is 123 cm³/mol. The molecule has 0 atom stereocenters. The smallest absolute Gasteiger partial charge is 0.316 e. The largest absolute Gasteiger partial charge is 0.466 e. The van der Waals surface area contributed by atoms with Gasteiger partial charge in [-0.3, -0.25) is 4.79 Å². The molecule has 0 aliphatic heterocycles. The molecular weight excluding hydrogens is 345 g/mol. The Morgan fingerprint density at radius 2 is 0.852 bits per heavy atom. The number of esters is 1. The number of carbonyl (C=O) groups is 1. The van der Waals surface area contributed by atoms with Crippen molar-refractivity contribution in [3.63, 3.8) is 0 Å². The lowest BCUT2D eigenvalue weighted by atomic mass is 10.1. The summed E-state index contributed by atoms with van der Waals surface area (Å²) in [6.45, 7) is 5.16. The van der Waals surface area contributed by atoms with Crippen LogP contribution in [0.3, 0.4) is 0 Å². The normalized spacial score (nSPS) is 10.6. The Kier molecular flexibility index (Phi) is 28.6. The lowest BCUT2D eigenvalue weighted by molar-refractivity contribution is -0.143. The third-order valence-electron chi connectivity index (χ3n) is 5.25. The van der Waals surface area contributed by atoms with E-state index in [4.69, 9.17) is 4.74 Å². The lowest BCUT2D eigenvalue weighted by Gasteiger charge is -2.05. The Hall–Kier alpha value is 0.236. The van der Waals surface area contributed by atoms with Crippen LogP contribution in [0.5, 0.6) is 0 Å². The van der Waals surface area contributed by atoms with Gasteiger partial charge in [0.2, 0.25) is 0 Å². The van der Waals surface area contributed by atoms with E-state index in [-0.39, 0.29) is 29.0 Å². The maximum atomic E-state index is 11.7. The minimum Gasteiger partial charge on any atom is -0.466 e. The molecule has 0 aromatic rings. The van der Waals surface area contributed by atoms with Crippen molar-refractivity contribution in [1.82, 2.24) is 0 Å². The van der Waals surface area contributed by atoms with E-state index in [9.17, 15) is 4.79 Å². The molecule has 0 aliphatic rings. The van der Waals surface area contributed by atoms with Crippen LogP contribution in [-0.2, 0) is 9.53 Å². The molecule has 0 saturated carbocycles. The van der Waals surface area contributed by atoms with Crippen molar-refractivity contribution in [2.75, 3.05) is 6.61 Å². The van der Waals surface area contributed by atoms with Crippen LogP contribution in [0.15, 0.2) is 0 Å². The van der Waals surface area contributed by atoms with Gasteiger partial charge in [0.1, 0.15) is 0 Å². The Morgan fingerprint density at radius 3 is 1.26 bits per heavy atom. The van der Waals surface area contributed by atoms with Crippen LogP contribution < -0.4 is 0 Å². The van der Waals surface area contributed by atoms with Gasteiger partial charge in [0, 0.05) is 6.42 Å². The van der Waals surface area contributed by atoms with Crippen LogP contribution >= 0.6 is 0 Å². The maximum absolute atomic E-state index is 11.7. The van der Waals surface area contributed by atoms with Crippen molar-refractivity contribution in [2.45, 2.75) is 142 Å². The fourth-order valence-corrected chi connectivity index (χ4v) is 3.43. The molecule has 0 radical (unpaired) electrons. The second-order valence-corrected chi connectivity index (χ2v) is 7.98. The molecule has 0 spiro atoms. The monoisotopic (exact) mass is 394 g/mol. The van der Waals surface area contributed by atoms with Crippen LogP contribution in [-0.4, -0.2) is 35.6 Å². The Bertz CT molecular complexity index is 282. The average Bonchev–Trinajstić information content (AvgIpc) is 2.64. The van der Waals surface area contributed by atoms with Crippen molar-refractivity contribution < 1.29 is 9.53 Å². The highest BCUT2D eigenvalue weighted by atomic mass is 24.3. The summed E-state index contributed by atoms with van der Waals surface area (Å²) in [5.74, 6) is 0.0175. The van der Waals surface area contributed by atoms with Crippen LogP contribution in [0.1, 0.15) is 142 Å². The van der Waals surface area contributed by atoms with Crippen LogP contribution in [0.25, 0.3) is 0 Å². The first kappa shape index (κ1) is 29.4. The van der Waals surface area contributed by atoms with Crippen LogP contribution in [0.4, 0.5) is 0 Å². The van der Waals surface area contributed by atoms with E-state index >= 15 is 0 Å². The first-order valence-corrected chi connectivity index (χ1v) is 12.0. The minimum absolute atomic E-state index is 0. The number of hydrogen-bond donors (Lipinski definition) is 0. The van der Waals surface area contributed by atoms with Crippen LogP contribution in [0, 0.1) is 0 Å². The van der Waals surface area contributed by atoms with Gasteiger partial charge in [-0.05, 0) is 12.8 Å². The van der Waals surface area contributed by atoms with Gasteiger partial charge in [-0.1, -0.05) is 123 Å². The summed E-state index contributed by atoms with van der Waals surface area (Å²) in [7, 11) is 0. The highest BCUT2D eigenvalue weighted by molar-refractivity contribution is 5.75. The fraction of sp³-hybridized carbons (Fsp3) is 0.958. The van der Waals surface area contributed by atoms with E-state index in [0.717, 1.165) is 12.8 Å². The van der Waals surface area contributed by atoms with Gasteiger partial charge in [-0.15, -0.1) is 0 Å². The first-order valence-electron chi connectivity index (χ1n) is 12.0. The summed E-state index contributed by atoms with van der Waals surface area (Å²) in [5.41, 5.74) is 0. The molecule has 160 valence electrons. The molecule has 0 amide bonds. The Balaban J connectivity index is 0. The van der Waals surface area contributed by atoms with E-state index < -0.39 is 0 Å². The van der Waals surface area contributed by atoms with E-state index in [1.54, 1.807) is 0 Å². The molecule has 0 fully saturated rings. The molecule has 0 heterocycles. The van der Waals surface area contributed by atoms with Crippen molar-refractivity contribution in [2.24, 2.45) is 0 Å². The summed E-state index contributed by atoms with van der Waals surface area (Å²) < 4.78 is 5.35. The zero-order chi connectivity index (χ0) is 19.1. The van der Waals surface area contributed by atoms with Gasteiger partial charge < -0.3 is 4.74 Å². The highest BCUT2D eigenvalue weighted by Gasteiger charge is 2.02. The summed E-state index contributed by atoms with van der Waals surface area (Å²) in [6.07, 6.45) is 25.5. The lowest BCUT2D eigenvalue weighted by Crippen LogP contribution is -2.05. The van der Waals surface area contributed by atoms with Gasteiger partial charge in [-0.25, -0.2) is 0 Å². The number of rotatable bonds is 21. The molecule has 0 saturated heterocycles. The van der Waals surface area contributed by atoms with Crippen molar-refractivity contribution >= 4 is 29.0 Å². The van der Waals surface area contributed by atoms with Gasteiger partial charge in [0.25, 0.3) is 0 Å². The zero-order valence-corrected chi connectivity index (χ0v) is 18.2. The standard InChI is InChI=1S/C24H48O2.Mg.2H/c1-3-5-7-9-11-13-15-17-19-21-23-26-24(25)22-20-18-16-14-12-10-8-6-4-2;;;/h3-23H2,1-2H3;;;. The number of carbonyl (C=O) groups excluding carboxylic acids is 1. The Labute approximate surface area is 187 Å². The van der Waals surface area contributed by atoms with E-state index in [1.807, 2.05) is 0 Å². The molecule has 2 nitrogen and oxygen atoms in total. The molecule has 0 aromatic carbocycles. The zero-order valence-electron chi connectivity index (χ0n) is 18.2. The van der Waals surface area contributed by atoms with Gasteiger partial charge in [0.15, 0.2) is 0 Å². The third-order valence-corrected chi connectivity index (χ3v) is 5.25. The minimum atomic E-state index is 0. The predicted octanol–water partition coefficient (Wildman–Crippen LogP) is 7.46. The SMILES string of the molecule is CCCCCCCCCCCCOC(=O)CCCCCCCCCCC.[MgH2]. The molecule has 27 heavy (non-hydrogen) atoms. The summed E-state index contributed by atoms with van der Waals surface area (Å²) in [4.78, 5) is 11.7. The molecule has 0 aromatic heterocycles. The molecule has 3 heteroatoms. The topological polar surface area (TPSA) is 26.3 Å². The van der Waals surface area contributed by atoms with Crippen molar-refractivity contribution in [1.29, 1.82) is 0 Å². The van der Waals surface area contributed by atoms with Gasteiger partial charge in [-0.2, -0.15) is 0 Å². The molecule has 0 N–H and O–H groups in total. The molecular formula is C24H50MgO2. The van der Waals surface area contributed by atoms with E-state index in [1.165, 1.54) is 109 Å². The third kappa shape index (κ3) is 26.2. The Morgan fingerprint density at radius 1 is 0.519 bits per heavy atom. The molecule has 0 aliphatic carbocycles. The second kappa shape index (κ2) is 26.2. The first-order chi connectivity index (χ1) is 12.8. The van der Waals surface area contributed by atoms with Crippen molar-refractivity contribution in [3.8, 4) is 0 Å². The number of ether oxygens (including phenoxy) is 1. The summed E-state index contributed by atoms with van der Waals surface area (Å²) in [5, 5.41) is 0. The molecule has 0 rings (SSSR count). The van der Waals surface area contributed by atoms with Gasteiger partial charge in [0.05, 0.1) is 6.61 Å². The van der Waals surface area contributed by atoms with E-state index in [0.29, 0.717) is 13.0 Å². The maximum Gasteiger partial charge on any atom is 0.316 e.